The number of benzene rings is 1. The van der Waals surface area contributed by atoms with Gasteiger partial charge in [0.1, 0.15) is 11.8 Å². The van der Waals surface area contributed by atoms with Gasteiger partial charge in [-0.1, -0.05) is 0 Å². The Hall–Kier alpha value is -2.41. The number of nitriles is 1. The topological polar surface area (TPSA) is 58.8 Å². The van der Waals surface area contributed by atoms with Crippen LogP contribution in [0.5, 0.6) is 5.75 Å². The molecule has 0 unspecified atom stereocenters. The maximum atomic E-state index is 9.01. The molecular weight excluding hydrogens is 250 g/mol. The van der Waals surface area contributed by atoms with Crippen LogP contribution in [0.15, 0.2) is 12.1 Å². The second kappa shape index (κ2) is 5.30. The lowest BCUT2D eigenvalue weighted by atomic mass is 9.94. The van der Waals surface area contributed by atoms with Crippen molar-refractivity contribution in [1.82, 2.24) is 9.97 Å². The van der Waals surface area contributed by atoms with E-state index in [4.69, 9.17) is 10.00 Å². The van der Waals surface area contributed by atoms with Crippen LogP contribution in [0.3, 0.4) is 0 Å². The fraction of sp³-hybridized carbons (Fsp3) is 0.312. The van der Waals surface area contributed by atoms with Crippen LogP contribution in [0, 0.1) is 39.0 Å². The van der Waals surface area contributed by atoms with E-state index in [0.29, 0.717) is 0 Å². The molecule has 0 spiro atoms. The van der Waals surface area contributed by atoms with Gasteiger partial charge in [0.2, 0.25) is 5.82 Å². The molecule has 4 nitrogen and oxygen atoms in total. The molecule has 2 aromatic rings. The van der Waals surface area contributed by atoms with Gasteiger partial charge in [-0.3, -0.25) is 0 Å². The number of aryl methyl sites for hydroxylation is 2. The number of nitrogens with zero attached hydrogens (tertiary/aromatic N) is 3. The van der Waals surface area contributed by atoms with Gasteiger partial charge in [-0.05, 0) is 56.5 Å². The molecule has 1 heterocycles. The summed E-state index contributed by atoms with van der Waals surface area (Å²) in [4.78, 5) is 8.42. The Morgan fingerprint density at radius 2 is 1.75 bits per heavy atom. The number of rotatable bonds is 2. The molecule has 0 saturated heterocycles. The van der Waals surface area contributed by atoms with Gasteiger partial charge < -0.3 is 4.74 Å². The highest BCUT2D eigenvalue weighted by Crippen LogP contribution is 2.33. The van der Waals surface area contributed by atoms with E-state index in [1.165, 1.54) is 0 Å². The maximum Gasteiger partial charge on any atom is 0.232 e. The molecule has 0 aliphatic carbocycles. The Bertz CT molecular complexity index is 715. The summed E-state index contributed by atoms with van der Waals surface area (Å²) in [5.74, 6) is 1.07. The molecule has 0 bridgehead atoms. The molecule has 0 fully saturated rings. The standard InChI is InChI=1S/C16H17N3O/c1-9-6-14(20-5)11(3)12(4)16(9)13-7-10(2)18-15(8-17)19-13/h6-7H,1-5H3. The van der Waals surface area contributed by atoms with Crippen molar-refractivity contribution in [2.45, 2.75) is 27.7 Å². The predicted molar refractivity (Wildman–Crippen MR) is 77.7 cm³/mol. The summed E-state index contributed by atoms with van der Waals surface area (Å²) >= 11 is 0. The normalized spacial score (nSPS) is 10.2. The zero-order valence-corrected chi connectivity index (χ0v) is 12.4. The Balaban J connectivity index is 2.74. The minimum absolute atomic E-state index is 0.201. The monoisotopic (exact) mass is 267 g/mol. The summed E-state index contributed by atoms with van der Waals surface area (Å²) < 4.78 is 5.38. The molecule has 0 amide bonds. The average Bonchev–Trinajstić information content (AvgIpc) is 2.42. The number of methoxy groups -OCH3 is 1. The molecular formula is C16H17N3O. The average molecular weight is 267 g/mol. The molecule has 1 aromatic heterocycles. The Labute approximate surface area is 119 Å². The zero-order valence-electron chi connectivity index (χ0n) is 12.4. The largest absolute Gasteiger partial charge is 0.496 e. The Kier molecular flexibility index (Phi) is 3.71. The highest BCUT2D eigenvalue weighted by molar-refractivity contribution is 5.71. The Morgan fingerprint density at radius 3 is 2.35 bits per heavy atom. The van der Waals surface area contributed by atoms with Crippen molar-refractivity contribution in [3.63, 3.8) is 0 Å². The molecule has 0 aliphatic heterocycles. The SMILES string of the molecule is COc1cc(C)c(-c2cc(C)nc(C#N)n2)c(C)c1C. The van der Waals surface area contributed by atoms with Crippen molar-refractivity contribution in [2.75, 3.05) is 7.11 Å². The van der Waals surface area contributed by atoms with E-state index in [1.807, 2.05) is 45.9 Å². The van der Waals surface area contributed by atoms with Crippen molar-refractivity contribution in [3.8, 4) is 23.1 Å². The molecule has 0 radical (unpaired) electrons. The van der Waals surface area contributed by atoms with Gasteiger partial charge in [0, 0.05) is 11.3 Å². The van der Waals surface area contributed by atoms with Crippen LogP contribution in [0.4, 0.5) is 0 Å². The molecule has 0 atom stereocenters. The number of hydrogen-bond acceptors (Lipinski definition) is 4. The van der Waals surface area contributed by atoms with Crippen LogP contribution >= 0.6 is 0 Å². The third kappa shape index (κ3) is 2.35. The Morgan fingerprint density at radius 1 is 1.05 bits per heavy atom. The zero-order chi connectivity index (χ0) is 14.9. The molecule has 0 aliphatic rings. The summed E-state index contributed by atoms with van der Waals surface area (Å²) in [7, 11) is 1.67. The summed E-state index contributed by atoms with van der Waals surface area (Å²) in [5, 5.41) is 9.01. The molecule has 0 saturated carbocycles. The fourth-order valence-electron chi connectivity index (χ4n) is 2.40. The van der Waals surface area contributed by atoms with Gasteiger partial charge in [-0.15, -0.1) is 0 Å². The van der Waals surface area contributed by atoms with Crippen molar-refractivity contribution in [3.05, 3.63) is 40.3 Å². The van der Waals surface area contributed by atoms with Crippen LogP contribution in [0.2, 0.25) is 0 Å². The predicted octanol–water partition coefficient (Wildman–Crippen LogP) is 3.26. The van der Waals surface area contributed by atoms with Crippen molar-refractivity contribution in [2.24, 2.45) is 0 Å². The summed E-state index contributed by atoms with van der Waals surface area (Å²) in [6, 6.07) is 5.91. The van der Waals surface area contributed by atoms with E-state index in [9.17, 15) is 0 Å². The first-order valence-electron chi connectivity index (χ1n) is 6.39. The molecule has 20 heavy (non-hydrogen) atoms. The highest BCUT2D eigenvalue weighted by atomic mass is 16.5. The highest BCUT2D eigenvalue weighted by Gasteiger charge is 2.14. The van der Waals surface area contributed by atoms with Crippen LogP contribution in [0.1, 0.15) is 28.2 Å². The van der Waals surface area contributed by atoms with E-state index < -0.39 is 0 Å². The van der Waals surface area contributed by atoms with Crippen LogP contribution < -0.4 is 4.74 Å². The molecule has 0 N–H and O–H groups in total. The summed E-state index contributed by atoms with van der Waals surface area (Å²) in [5.41, 5.74) is 5.90. The lowest BCUT2D eigenvalue weighted by Crippen LogP contribution is -2.00. The van der Waals surface area contributed by atoms with E-state index in [1.54, 1.807) is 7.11 Å². The van der Waals surface area contributed by atoms with Crippen LogP contribution in [0.25, 0.3) is 11.3 Å². The van der Waals surface area contributed by atoms with Crippen LogP contribution in [-0.4, -0.2) is 17.1 Å². The number of hydrogen-bond donors (Lipinski definition) is 0. The van der Waals surface area contributed by atoms with E-state index in [-0.39, 0.29) is 5.82 Å². The first-order valence-corrected chi connectivity index (χ1v) is 6.39. The van der Waals surface area contributed by atoms with Crippen molar-refractivity contribution < 1.29 is 4.74 Å². The third-order valence-corrected chi connectivity index (χ3v) is 3.48. The third-order valence-electron chi connectivity index (χ3n) is 3.48. The first kappa shape index (κ1) is 14.0. The van der Waals surface area contributed by atoms with Crippen molar-refractivity contribution in [1.29, 1.82) is 5.26 Å². The quantitative estimate of drug-likeness (QED) is 0.838. The van der Waals surface area contributed by atoms with Gasteiger partial charge in [0.15, 0.2) is 0 Å². The summed E-state index contributed by atoms with van der Waals surface area (Å²) in [6.45, 7) is 7.96. The van der Waals surface area contributed by atoms with Crippen LogP contribution in [-0.2, 0) is 0 Å². The number of aromatic nitrogens is 2. The molecule has 4 heteroatoms. The fourth-order valence-corrected chi connectivity index (χ4v) is 2.40. The maximum absolute atomic E-state index is 9.01. The minimum atomic E-state index is 0.201. The number of ether oxygens (including phenoxy) is 1. The molecule has 1 aromatic carbocycles. The smallest absolute Gasteiger partial charge is 0.232 e. The van der Waals surface area contributed by atoms with Gasteiger partial charge in [0.25, 0.3) is 0 Å². The van der Waals surface area contributed by atoms with Gasteiger partial charge in [-0.2, -0.15) is 5.26 Å². The van der Waals surface area contributed by atoms with E-state index in [0.717, 1.165) is 39.4 Å². The van der Waals surface area contributed by atoms with Gasteiger partial charge >= 0.3 is 0 Å². The second-order valence-electron chi connectivity index (χ2n) is 4.85. The van der Waals surface area contributed by atoms with Gasteiger partial charge in [-0.25, -0.2) is 9.97 Å². The lowest BCUT2D eigenvalue weighted by Gasteiger charge is -2.16. The summed E-state index contributed by atoms with van der Waals surface area (Å²) in [6.07, 6.45) is 0. The lowest BCUT2D eigenvalue weighted by molar-refractivity contribution is 0.411. The van der Waals surface area contributed by atoms with E-state index in [2.05, 4.69) is 9.97 Å². The molecule has 2 rings (SSSR count). The van der Waals surface area contributed by atoms with Gasteiger partial charge in [0.05, 0.1) is 12.8 Å². The molecule has 102 valence electrons. The van der Waals surface area contributed by atoms with Crippen molar-refractivity contribution >= 4 is 0 Å². The van der Waals surface area contributed by atoms with E-state index >= 15 is 0 Å². The first-order chi connectivity index (χ1) is 9.47. The second-order valence-corrected chi connectivity index (χ2v) is 4.85. The minimum Gasteiger partial charge on any atom is -0.496 e.